The Balaban J connectivity index is 2.15. The van der Waals surface area contributed by atoms with Crippen molar-refractivity contribution < 1.29 is 18.3 Å². The quantitative estimate of drug-likeness (QED) is 0.920. The van der Waals surface area contributed by atoms with Gasteiger partial charge in [0.1, 0.15) is 5.75 Å². The first kappa shape index (κ1) is 14.7. The number of likely N-dealkylation sites (N-methyl/N-ethyl adjacent to an activating group) is 1. The minimum atomic E-state index is -2.94. The fraction of sp³-hybridized carbons (Fsp3) is 0.500. The molecule has 0 aromatic heterocycles. The third-order valence-electron chi connectivity index (χ3n) is 3.47. The molecule has 6 heteroatoms. The van der Waals surface area contributed by atoms with Crippen molar-refractivity contribution in [2.45, 2.75) is 25.5 Å². The largest absolute Gasteiger partial charge is 0.434 e. The maximum atomic E-state index is 12.4. The predicted molar refractivity (Wildman–Crippen MR) is 71.1 cm³/mol. The summed E-state index contributed by atoms with van der Waals surface area (Å²) in [4.78, 5) is 14.0. The molecular formula is C14H18F2N2O2. The molecule has 1 aromatic carbocycles. The third-order valence-corrected chi connectivity index (χ3v) is 3.47. The van der Waals surface area contributed by atoms with Crippen LogP contribution in [0.25, 0.3) is 0 Å². The Morgan fingerprint density at radius 1 is 1.45 bits per heavy atom. The molecule has 1 aromatic rings. The van der Waals surface area contributed by atoms with Gasteiger partial charge < -0.3 is 15.0 Å². The van der Waals surface area contributed by atoms with Crippen molar-refractivity contribution in [2.75, 3.05) is 20.1 Å². The Morgan fingerprint density at radius 3 is 2.85 bits per heavy atom. The lowest BCUT2D eigenvalue weighted by Crippen LogP contribution is -2.46. The number of piperidine rings is 1. The number of nitrogens with zero attached hydrogens (tertiary/aromatic N) is 1. The molecule has 0 aliphatic carbocycles. The summed E-state index contributed by atoms with van der Waals surface area (Å²) < 4.78 is 29.1. The fourth-order valence-corrected chi connectivity index (χ4v) is 2.36. The van der Waals surface area contributed by atoms with E-state index in [0.29, 0.717) is 0 Å². The molecule has 4 nitrogen and oxygen atoms in total. The Bertz CT molecular complexity index is 462. The molecule has 1 N–H and O–H groups in total. The Kier molecular flexibility index (Phi) is 4.89. The molecule has 0 bridgehead atoms. The number of ether oxygens (including phenoxy) is 1. The zero-order valence-corrected chi connectivity index (χ0v) is 11.3. The van der Waals surface area contributed by atoms with E-state index in [1.165, 1.54) is 12.1 Å². The van der Waals surface area contributed by atoms with Crippen LogP contribution in [0.2, 0.25) is 0 Å². The molecule has 1 heterocycles. The van der Waals surface area contributed by atoms with Gasteiger partial charge in [-0.05, 0) is 31.5 Å². The summed E-state index contributed by atoms with van der Waals surface area (Å²) in [5.41, 5.74) is 0.167. The second-order valence-electron chi connectivity index (χ2n) is 4.79. The standard InChI is InChI=1S/C14H18F2N2O2/c1-18(10-5-4-8-17-9-10)13(19)11-6-2-3-7-12(11)20-14(15)16/h2-3,6-7,10,14,17H,4-5,8-9H2,1H3/t10-/m0/s1. The monoisotopic (exact) mass is 284 g/mol. The van der Waals surface area contributed by atoms with Gasteiger partial charge in [0.2, 0.25) is 0 Å². The van der Waals surface area contributed by atoms with Gasteiger partial charge >= 0.3 is 6.61 Å². The summed E-state index contributed by atoms with van der Waals surface area (Å²) in [6.45, 7) is -1.27. The van der Waals surface area contributed by atoms with Crippen molar-refractivity contribution in [1.82, 2.24) is 10.2 Å². The molecule has 2 rings (SSSR count). The minimum Gasteiger partial charge on any atom is -0.434 e. The lowest BCUT2D eigenvalue weighted by molar-refractivity contribution is -0.0503. The number of benzene rings is 1. The second kappa shape index (κ2) is 6.65. The average molecular weight is 284 g/mol. The smallest absolute Gasteiger partial charge is 0.387 e. The van der Waals surface area contributed by atoms with Gasteiger partial charge in [-0.15, -0.1) is 0 Å². The van der Waals surface area contributed by atoms with Crippen LogP contribution in [0.1, 0.15) is 23.2 Å². The van der Waals surface area contributed by atoms with E-state index in [-0.39, 0.29) is 23.3 Å². The number of rotatable bonds is 4. The highest BCUT2D eigenvalue weighted by Gasteiger charge is 2.25. The highest BCUT2D eigenvalue weighted by molar-refractivity contribution is 5.97. The average Bonchev–Trinajstić information content (AvgIpc) is 2.46. The topological polar surface area (TPSA) is 41.6 Å². The van der Waals surface area contributed by atoms with E-state index < -0.39 is 6.61 Å². The SMILES string of the molecule is CN(C(=O)c1ccccc1OC(F)F)[C@H]1CCCNC1. The Morgan fingerprint density at radius 2 is 2.20 bits per heavy atom. The highest BCUT2D eigenvalue weighted by atomic mass is 19.3. The first-order valence-electron chi connectivity index (χ1n) is 6.61. The van der Waals surface area contributed by atoms with Crippen molar-refractivity contribution >= 4 is 5.91 Å². The van der Waals surface area contributed by atoms with Gasteiger partial charge in [-0.3, -0.25) is 4.79 Å². The van der Waals surface area contributed by atoms with Crippen LogP contribution in [0.4, 0.5) is 8.78 Å². The first-order valence-corrected chi connectivity index (χ1v) is 6.61. The van der Waals surface area contributed by atoms with Gasteiger partial charge in [0, 0.05) is 19.6 Å². The van der Waals surface area contributed by atoms with Crippen molar-refractivity contribution in [2.24, 2.45) is 0 Å². The molecular weight excluding hydrogens is 266 g/mol. The number of halogens is 2. The molecule has 1 fully saturated rings. The van der Waals surface area contributed by atoms with E-state index >= 15 is 0 Å². The molecule has 0 unspecified atom stereocenters. The summed E-state index contributed by atoms with van der Waals surface area (Å²) >= 11 is 0. The van der Waals surface area contributed by atoms with Gasteiger partial charge in [0.15, 0.2) is 0 Å². The maximum absolute atomic E-state index is 12.4. The minimum absolute atomic E-state index is 0.0795. The van der Waals surface area contributed by atoms with Gasteiger partial charge in [-0.2, -0.15) is 8.78 Å². The van der Waals surface area contributed by atoms with Gasteiger partial charge in [0.05, 0.1) is 5.56 Å². The molecule has 0 radical (unpaired) electrons. The summed E-state index contributed by atoms with van der Waals surface area (Å²) in [6, 6.07) is 6.17. The van der Waals surface area contributed by atoms with Crippen molar-refractivity contribution in [1.29, 1.82) is 0 Å². The van der Waals surface area contributed by atoms with Crippen LogP contribution < -0.4 is 10.1 Å². The molecule has 1 amide bonds. The summed E-state index contributed by atoms with van der Waals surface area (Å²) in [6.07, 6.45) is 1.91. The van der Waals surface area contributed by atoms with E-state index in [9.17, 15) is 13.6 Å². The van der Waals surface area contributed by atoms with Crippen LogP contribution in [0.5, 0.6) is 5.75 Å². The number of carbonyl (C=O) groups is 1. The highest BCUT2D eigenvalue weighted by Crippen LogP contribution is 2.23. The van der Waals surface area contributed by atoms with E-state index in [1.54, 1.807) is 24.1 Å². The van der Waals surface area contributed by atoms with Crippen molar-refractivity contribution in [3.63, 3.8) is 0 Å². The number of nitrogens with one attached hydrogen (secondary N) is 1. The zero-order valence-electron chi connectivity index (χ0n) is 11.3. The zero-order chi connectivity index (χ0) is 14.5. The van der Waals surface area contributed by atoms with E-state index in [1.807, 2.05) is 0 Å². The van der Waals surface area contributed by atoms with Crippen LogP contribution in [0.15, 0.2) is 24.3 Å². The summed E-state index contributed by atoms with van der Waals surface area (Å²) in [5.74, 6) is -0.377. The molecule has 0 spiro atoms. The van der Waals surface area contributed by atoms with Crippen molar-refractivity contribution in [3.05, 3.63) is 29.8 Å². The van der Waals surface area contributed by atoms with Gasteiger partial charge in [0.25, 0.3) is 5.91 Å². The Labute approximate surface area is 116 Å². The lowest BCUT2D eigenvalue weighted by atomic mass is 10.0. The van der Waals surface area contributed by atoms with Gasteiger partial charge in [-0.1, -0.05) is 12.1 Å². The summed E-state index contributed by atoms with van der Waals surface area (Å²) in [7, 11) is 1.69. The predicted octanol–water partition coefficient (Wildman–Crippen LogP) is 2.11. The van der Waals surface area contributed by atoms with Crippen LogP contribution in [0.3, 0.4) is 0 Å². The second-order valence-corrected chi connectivity index (χ2v) is 4.79. The molecule has 1 aliphatic heterocycles. The third kappa shape index (κ3) is 3.45. The summed E-state index contributed by atoms with van der Waals surface area (Å²) in [5, 5.41) is 3.22. The number of para-hydroxylation sites is 1. The van der Waals surface area contributed by atoms with Crippen molar-refractivity contribution in [3.8, 4) is 5.75 Å². The molecule has 1 saturated heterocycles. The van der Waals surface area contributed by atoms with Gasteiger partial charge in [-0.25, -0.2) is 0 Å². The number of hydrogen-bond donors (Lipinski definition) is 1. The van der Waals surface area contributed by atoms with E-state index in [2.05, 4.69) is 10.1 Å². The van der Waals surface area contributed by atoms with Crippen LogP contribution in [-0.2, 0) is 0 Å². The fourth-order valence-electron chi connectivity index (χ4n) is 2.36. The number of hydrogen-bond acceptors (Lipinski definition) is 3. The number of alkyl halides is 2. The first-order chi connectivity index (χ1) is 9.59. The van der Waals surface area contributed by atoms with Crippen LogP contribution >= 0.6 is 0 Å². The lowest BCUT2D eigenvalue weighted by Gasteiger charge is -2.32. The normalized spacial score (nSPS) is 18.9. The molecule has 110 valence electrons. The van der Waals surface area contributed by atoms with Crippen LogP contribution in [-0.4, -0.2) is 43.6 Å². The molecule has 0 saturated carbocycles. The molecule has 1 atom stereocenters. The van der Waals surface area contributed by atoms with E-state index in [4.69, 9.17) is 0 Å². The molecule has 20 heavy (non-hydrogen) atoms. The Hall–Kier alpha value is -1.69. The number of carbonyl (C=O) groups excluding carboxylic acids is 1. The maximum Gasteiger partial charge on any atom is 0.387 e. The molecule has 1 aliphatic rings. The number of amides is 1. The van der Waals surface area contributed by atoms with Crippen LogP contribution in [0, 0.1) is 0 Å². The van der Waals surface area contributed by atoms with E-state index in [0.717, 1.165) is 25.9 Å².